The van der Waals surface area contributed by atoms with Gasteiger partial charge < -0.3 is 14.1 Å². The molecule has 1 heterocycles. The third-order valence-corrected chi connectivity index (χ3v) is 3.46. The number of hydrogen-bond donors (Lipinski definition) is 1. The van der Waals surface area contributed by atoms with Crippen LogP contribution in [-0.4, -0.2) is 37.7 Å². The summed E-state index contributed by atoms with van der Waals surface area (Å²) in [5.41, 5.74) is 2.04. The third kappa shape index (κ3) is 5.05. The van der Waals surface area contributed by atoms with E-state index in [2.05, 4.69) is 26.5 Å². The van der Waals surface area contributed by atoms with Crippen molar-refractivity contribution >= 4 is 39.6 Å². The van der Waals surface area contributed by atoms with Crippen molar-refractivity contribution < 1.29 is 18.9 Å². The number of amides is 1. The molecule has 2 aromatic rings. The molecule has 2 rings (SSSR count). The van der Waals surface area contributed by atoms with Crippen molar-refractivity contribution in [1.29, 1.82) is 0 Å². The minimum absolute atomic E-state index is 0.0113. The Balaban J connectivity index is 1.89. The Labute approximate surface area is 151 Å². The van der Waals surface area contributed by atoms with Crippen molar-refractivity contribution in [2.24, 2.45) is 5.10 Å². The highest BCUT2D eigenvalue weighted by Gasteiger charge is 2.14. The van der Waals surface area contributed by atoms with E-state index in [0.717, 1.165) is 4.47 Å². The van der Waals surface area contributed by atoms with Crippen molar-refractivity contribution in [3.63, 3.8) is 0 Å². The van der Waals surface area contributed by atoms with E-state index in [1.807, 2.05) is 14.1 Å². The number of benzene rings is 1. The fourth-order valence-electron chi connectivity index (χ4n) is 1.82. The lowest BCUT2D eigenvalue weighted by Crippen LogP contribution is -2.24. The van der Waals surface area contributed by atoms with Crippen LogP contribution in [0.15, 0.2) is 44.3 Å². The van der Waals surface area contributed by atoms with Crippen LogP contribution in [-0.2, 0) is 4.79 Å². The van der Waals surface area contributed by atoms with Crippen LogP contribution in [0.3, 0.4) is 0 Å². The van der Waals surface area contributed by atoms with Crippen molar-refractivity contribution in [3.05, 3.63) is 50.7 Å². The van der Waals surface area contributed by atoms with Crippen LogP contribution in [0.4, 0.5) is 11.6 Å². The quantitative estimate of drug-likeness (QED) is 0.426. The fourth-order valence-corrected chi connectivity index (χ4v) is 2.48. The summed E-state index contributed by atoms with van der Waals surface area (Å²) in [5.74, 6) is 0.507. The molecule has 0 aliphatic heterocycles. The van der Waals surface area contributed by atoms with Crippen LogP contribution in [0, 0.1) is 10.1 Å². The van der Waals surface area contributed by atoms with Gasteiger partial charge in [-0.05, 0) is 22.0 Å². The molecule has 10 heteroatoms. The standard InChI is InChI=1S/C15H15BrN4O5/c1-19(2)15-11(16)7-10(25-15)8-17-18-14(21)9-24-13-6-4-3-5-12(13)20(22)23/h3-8H,9H2,1-2H3,(H,18,21)/b17-8+. The summed E-state index contributed by atoms with van der Waals surface area (Å²) < 4.78 is 11.4. The van der Waals surface area contributed by atoms with Crippen LogP contribution < -0.4 is 15.1 Å². The molecule has 9 nitrogen and oxygen atoms in total. The molecule has 1 aromatic carbocycles. The molecule has 0 saturated heterocycles. The first-order chi connectivity index (χ1) is 11.9. The van der Waals surface area contributed by atoms with Gasteiger partial charge >= 0.3 is 5.69 Å². The molecule has 0 fully saturated rings. The minimum atomic E-state index is -0.581. The van der Waals surface area contributed by atoms with E-state index < -0.39 is 17.4 Å². The summed E-state index contributed by atoms with van der Waals surface area (Å²) in [7, 11) is 3.65. The minimum Gasteiger partial charge on any atom is -0.477 e. The van der Waals surface area contributed by atoms with Crippen LogP contribution in [0.5, 0.6) is 5.75 Å². The monoisotopic (exact) mass is 410 g/mol. The Morgan fingerprint density at radius 2 is 2.20 bits per heavy atom. The topological polar surface area (TPSA) is 110 Å². The lowest BCUT2D eigenvalue weighted by atomic mass is 10.3. The molecule has 0 atom stereocenters. The number of hydrogen-bond acceptors (Lipinski definition) is 7. The molecule has 132 valence electrons. The van der Waals surface area contributed by atoms with E-state index in [4.69, 9.17) is 9.15 Å². The van der Waals surface area contributed by atoms with Crippen LogP contribution in [0.2, 0.25) is 0 Å². The number of anilines is 1. The van der Waals surface area contributed by atoms with Gasteiger partial charge in [0.05, 0.1) is 15.6 Å². The van der Waals surface area contributed by atoms with Crippen molar-refractivity contribution in [3.8, 4) is 5.75 Å². The van der Waals surface area contributed by atoms with Crippen molar-refractivity contribution in [2.45, 2.75) is 0 Å². The largest absolute Gasteiger partial charge is 0.477 e. The Morgan fingerprint density at radius 3 is 2.84 bits per heavy atom. The van der Waals surface area contributed by atoms with Gasteiger partial charge in [-0.1, -0.05) is 12.1 Å². The van der Waals surface area contributed by atoms with E-state index in [1.165, 1.54) is 24.4 Å². The number of nitrogens with one attached hydrogen (secondary N) is 1. The zero-order chi connectivity index (χ0) is 18.4. The summed E-state index contributed by atoms with van der Waals surface area (Å²) in [6.07, 6.45) is 1.33. The van der Waals surface area contributed by atoms with Gasteiger partial charge in [0.1, 0.15) is 0 Å². The number of rotatable bonds is 7. The molecule has 1 aromatic heterocycles. The van der Waals surface area contributed by atoms with Gasteiger partial charge in [-0.15, -0.1) is 0 Å². The highest BCUT2D eigenvalue weighted by atomic mass is 79.9. The van der Waals surface area contributed by atoms with Crippen molar-refractivity contribution in [2.75, 3.05) is 25.6 Å². The second-order valence-corrected chi connectivity index (χ2v) is 5.86. The lowest BCUT2D eigenvalue weighted by Gasteiger charge is -2.07. The zero-order valence-electron chi connectivity index (χ0n) is 13.4. The van der Waals surface area contributed by atoms with E-state index in [0.29, 0.717) is 11.6 Å². The second-order valence-electron chi connectivity index (χ2n) is 5.00. The molecule has 0 radical (unpaired) electrons. The highest BCUT2D eigenvalue weighted by Crippen LogP contribution is 2.28. The van der Waals surface area contributed by atoms with Crippen molar-refractivity contribution in [1.82, 2.24) is 5.43 Å². The number of nitro groups is 1. The molecule has 0 aliphatic carbocycles. The molecule has 0 spiro atoms. The molecule has 1 N–H and O–H groups in total. The maximum Gasteiger partial charge on any atom is 0.310 e. The van der Waals surface area contributed by atoms with E-state index >= 15 is 0 Å². The Hall–Kier alpha value is -2.88. The first-order valence-corrected chi connectivity index (χ1v) is 7.82. The van der Waals surface area contributed by atoms with Gasteiger partial charge in [-0.3, -0.25) is 14.9 Å². The molecule has 1 amide bonds. The maximum atomic E-state index is 11.7. The summed E-state index contributed by atoms with van der Waals surface area (Å²) >= 11 is 3.35. The Bertz CT molecular complexity index is 803. The summed E-state index contributed by atoms with van der Waals surface area (Å²) in [6, 6.07) is 7.50. The number of hydrazone groups is 1. The summed E-state index contributed by atoms with van der Waals surface area (Å²) in [6.45, 7) is -0.410. The van der Waals surface area contributed by atoms with Gasteiger partial charge in [0.2, 0.25) is 5.88 Å². The molecular formula is C15H15BrN4O5. The summed E-state index contributed by atoms with van der Waals surface area (Å²) in [5, 5.41) is 14.6. The fraction of sp³-hybridized carbons (Fsp3) is 0.200. The predicted octanol–water partition coefficient (Wildman–Crippen LogP) is 2.55. The van der Waals surface area contributed by atoms with Gasteiger partial charge in [0.15, 0.2) is 18.1 Å². The molecule has 25 heavy (non-hydrogen) atoms. The van der Waals surface area contributed by atoms with Gasteiger partial charge in [0, 0.05) is 26.2 Å². The highest BCUT2D eigenvalue weighted by molar-refractivity contribution is 9.10. The third-order valence-electron chi connectivity index (χ3n) is 2.90. The number of carbonyl (C=O) groups excluding carboxylic acids is 1. The number of furan rings is 1. The molecular weight excluding hydrogens is 396 g/mol. The van der Waals surface area contributed by atoms with E-state index in [9.17, 15) is 14.9 Å². The number of nitro benzene ring substituents is 1. The van der Waals surface area contributed by atoms with Crippen LogP contribution in [0.1, 0.15) is 5.76 Å². The van der Waals surface area contributed by atoms with Crippen LogP contribution in [0.25, 0.3) is 0 Å². The molecule has 0 bridgehead atoms. The normalized spacial score (nSPS) is 10.7. The van der Waals surface area contributed by atoms with Crippen LogP contribution >= 0.6 is 15.9 Å². The van der Waals surface area contributed by atoms with Gasteiger partial charge in [0.25, 0.3) is 5.91 Å². The molecule has 0 aliphatic rings. The van der Waals surface area contributed by atoms with E-state index in [-0.39, 0.29) is 11.4 Å². The van der Waals surface area contributed by atoms with Gasteiger partial charge in [-0.2, -0.15) is 5.10 Å². The molecule has 0 saturated carbocycles. The average Bonchev–Trinajstić information content (AvgIpc) is 2.94. The first kappa shape index (κ1) is 18.5. The number of halogens is 1. The zero-order valence-corrected chi connectivity index (χ0v) is 15.0. The van der Waals surface area contributed by atoms with E-state index in [1.54, 1.807) is 17.0 Å². The lowest BCUT2D eigenvalue weighted by molar-refractivity contribution is -0.385. The summed E-state index contributed by atoms with van der Waals surface area (Å²) in [4.78, 5) is 23.8. The Kier molecular flexibility index (Phi) is 6.12. The second kappa shape index (κ2) is 8.29. The number of para-hydroxylation sites is 2. The first-order valence-electron chi connectivity index (χ1n) is 7.03. The predicted molar refractivity (Wildman–Crippen MR) is 95.1 cm³/mol. The number of ether oxygens (including phenoxy) is 1. The molecule has 0 unspecified atom stereocenters. The maximum absolute atomic E-state index is 11.7. The Morgan fingerprint density at radius 1 is 1.48 bits per heavy atom. The number of nitrogens with zero attached hydrogens (tertiary/aromatic N) is 3. The SMILES string of the molecule is CN(C)c1oc(/C=N/NC(=O)COc2ccccc2[N+](=O)[O-])cc1Br. The van der Waals surface area contributed by atoms with Gasteiger partial charge in [-0.25, -0.2) is 5.43 Å². The average molecular weight is 411 g/mol. The number of carbonyl (C=O) groups is 1. The smallest absolute Gasteiger partial charge is 0.310 e.